The van der Waals surface area contributed by atoms with Gasteiger partial charge in [0.15, 0.2) is 5.69 Å². The Morgan fingerprint density at radius 2 is 2.33 bits per heavy atom. The van der Waals surface area contributed by atoms with Gasteiger partial charge in [0.05, 0.1) is 13.3 Å². The van der Waals surface area contributed by atoms with E-state index in [1.807, 2.05) is 0 Å². The topological polar surface area (TPSA) is 72.0 Å². The molecule has 12 heavy (non-hydrogen) atoms. The second-order valence-electron chi connectivity index (χ2n) is 2.21. The van der Waals surface area contributed by atoms with Crippen LogP contribution in [0.1, 0.15) is 16.2 Å². The van der Waals surface area contributed by atoms with Crippen LogP contribution in [-0.4, -0.2) is 23.0 Å². The van der Waals surface area contributed by atoms with Gasteiger partial charge in [-0.3, -0.25) is 4.79 Å². The molecular formula is C7H8N2O3. The number of methoxy groups -OCH3 is 1. The van der Waals surface area contributed by atoms with Gasteiger partial charge in [0.1, 0.15) is 0 Å². The average Bonchev–Trinajstić information content (AvgIpc) is 2.03. The van der Waals surface area contributed by atoms with E-state index in [0.717, 1.165) is 6.20 Å². The third-order valence-corrected chi connectivity index (χ3v) is 1.36. The number of hydrogen-bond acceptors (Lipinski definition) is 4. The Morgan fingerprint density at radius 1 is 1.67 bits per heavy atom. The molecule has 1 rings (SSSR count). The van der Waals surface area contributed by atoms with Crippen LogP contribution < -0.4 is 5.56 Å². The summed E-state index contributed by atoms with van der Waals surface area (Å²) < 4.78 is 4.43. The molecule has 0 spiro atoms. The Bertz CT molecular complexity index is 356. The van der Waals surface area contributed by atoms with Gasteiger partial charge in [-0.25, -0.2) is 9.78 Å². The summed E-state index contributed by atoms with van der Waals surface area (Å²) in [7, 11) is 1.26. The molecule has 1 aromatic rings. The van der Waals surface area contributed by atoms with E-state index in [2.05, 4.69) is 14.7 Å². The van der Waals surface area contributed by atoms with Crippen molar-refractivity contribution in [2.24, 2.45) is 0 Å². The van der Waals surface area contributed by atoms with Crippen molar-refractivity contribution < 1.29 is 9.53 Å². The largest absolute Gasteiger partial charge is 0.464 e. The van der Waals surface area contributed by atoms with Gasteiger partial charge in [0.2, 0.25) is 0 Å². The highest BCUT2D eigenvalue weighted by molar-refractivity contribution is 5.88. The van der Waals surface area contributed by atoms with E-state index in [4.69, 9.17) is 0 Å². The van der Waals surface area contributed by atoms with E-state index in [1.54, 1.807) is 6.92 Å². The molecule has 64 valence electrons. The molecular weight excluding hydrogens is 160 g/mol. The Kier molecular flexibility index (Phi) is 2.23. The van der Waals surface area contributed by atoms with Crippen molar-refractivity contribution in [3.05, 3.63) is 27.9 Å². The van der Waals surface area contributed by atoms with Gasteiger partial charge in [-0.05, 0) is 6.92 Å². The normalized spacial score (nSPS) is 9.50. The summed E-state index contributed by atoms with van der Waals surface area (Å²) in [5.41, 5.74) is 0.214. The number of rotatable bonds is 1. The van der Waals surface area contributed by atoms with Crippen LogP contribution in [-0.2, 0) is 4.74 Å². The van der Waals surface area contributed by atoms with E-state index in [0.29, 0.717) is 5.69 Å². The highest BCUT2D eigenvalue weighted by Gasteiger charge is 2.10. The van der Waals surface area contributed by atoms with Crippen molar-refractivity contribution >= 4 is 5.97 Å². The number of aryl methyl sites for hydroxylation is 1. The third kappa shape index (κ3) is 1.50. The molecule has 1 N–H and O–H groups in total. The first-order valence-electron chi connectivity index (χ1n) is 3.29. The molecule has 5 nitrogen and oxygen atoms in total. The number of nitrogens with one attached hydrogen (secondary N) is 1. The first-order valence-corrected chi connectivity index (χ1v) is 3.29. The van der Waals surface area contributed by atoms with Crippen LogP contribution in [0.2, 0.25) is 0 Å². The fraction of sp³-hybridized carbons (Fsp3) is 0.286. The van der Waals surface area contributed by atoms with E-state index in [1.165, 1.54) is 7.11 Å². The molecule has 0 amide bonds. The number of H-pyrrole nitrogens is 1. The van der Waals surface area contributed by atoms with Crippen LogP contribution >= 0.6 is 0 Å². The molecule has 5 heteroatoms. The fourth-order valence-electron chi connectivity index (χ4n) is 0.799. The molecule has 0 radical (unpaired) electrons. The van der Waals surface area contributed by atoms with Gasteiger partial charge < -0.3 is 9.72 Å². The molecule has 0 aliphatic carbocycles. The maximum Gasteiger partial charge on any atom is 0.358 e. The van der Waals surface area contributed by atoms with E-state index in [-0.39, 0.29) is 11.3 Å². The third-order valence-electron chi connectivity index (χ3n) is 1.36. The summed E-state index contributed by atoms with van der Waals surface area (Å²) in [5, 5.41) is 0. The summed E-state index contributed by atoms with van der Waals surface area (Å²) in [4.78, 5) is 27.7. The molecule has 0 aromatic carbocycles. The highest BCUT2D eigenvalue weighted by Crippen LogP contribution is 1.98. The van der Waals surface area contributed by atoms with E-state index >= 15 is 0 Å². The maximum absolute atomic E-state index is 10.9. The van der Waals surface area contributed by atoms with Gasteiger partial charge in [-0.1, -0.05) is 0 Å². The minimum Gasteiger partial charge on any atom is -0.464 e. The van der Waals surface area contributed by atoms with Crippen molar-refractivity contribution in [2.75, 3.05) is 7.11 Å². The predicted octanol–water partition coefficient (Wildman–Crippen LogP) is -0.135. The standard InChI is InChI=1S/C7H8N2O3/c1-4-6(7(11)12-2)8-3-5(10)9-4/h3H,1-2H3,(H,9,10). The van der Waals surface area contributed by atoms with Crippen LogP contribution in [0.25, 0.3) is 0 Å². The number of nitrogens with zero attached hydrogens (tertiary/aromatic N) is 1. The number of carbonyl (C=O) groups is 1. The Labute approximate surface area is 68.4 Å². The lowest BCUT2D eigenvalue weighted by atomic mass is 10.3. The van der Waals surface area contributed by atoms with Crippen LogP contribution in [0, 0.1) is 6.92 Å². The van der Waals surface area contributed by atoms with Crippen LogP contribution in [0.15, 0.2) is 11.0 Å². The number of hydrogen-bond donors (Lipinski definition) is 1. The molecule has 0 aliphatic rings. The van der Waals surface area contributed by atoms with Gasteiger partial charge in [-0.2, -0.15) is 0 Å². The molecule has 0 saturated heterocycles. The molecule has 0 fully saturated rings. The van der Waals surface area contributed by atoms with Gasteiger partial charge >= 0.3 is 5.97 Å². The van der Waals surface area contributed by atoms with Crippen molar-refractivity contribution in [2.45, 2.75) is 6.92 Å². The smallest absolute Gasteiger partial charge is 0.358 e. The zero-order valence-electron chi connectivity index (χ0n) is 6.75. The number of esters is 1. The van der Waals surface area contributed by atoms with Crippen molar-refractivity contribution in [1.82, 2.24) is 9.97 Å². The Balaban J connectivity index is 3.18. The summed E-state index contributed by atoms with van der Waals surface area (Å²) in [6.07, 6.45) is 1.04. The zero-order chi connectivity index (χ0) is 9.14. The monoisotopic (exact) mass is 168 g/mol. The second kappa shape index (κ2) is 3.17. The minimum absolute atomic E-state index is 0.136. The number of ether oxygens (including phenoxy) is 1. The highest BCUT2D eigenvalue weighted by atomic mass is 16.5. The lowest BCUT2D eigenvalue weighted by Gasteiger charge is -1.99. The molecule has 1 heterocycles. The second-order valence-corrected chi connectivity index (χ2v) is 2.21. The fourth-order valence-corrected chi connectivity index (χ4v) is 0.799. The van der Waals surface area contributed by atoms with Gasteiger partial charge in [-0.15, -0.1) is 0 Å². The van der Waals surface area contributed by atoms with Gasteiger partial charge in [0.25, 0.3) is 5.56 Å². The quantitative estimate of drug-likeness (QED) is 0.592. The maximum atomic E-state index is 10.9. The molecule has 1 aromatic heterocycles. The summed E-state index contributed by atoms with van der Waals surface area (Å²) in [6, 6.07) is 0. The number of aromatic amines is 1. The first-order chi connectivity index (χ1) is 5.65. The molecule has 0 saturated carbocycles. The van der Waals surface area contributed by atoms with Crippen LogP contribution in [0.4, 0.5) is 0 Å². The first kappa shape index (κ1) is 8.45. The van der Waals surface area contributed by atoms with E-state index < -0.39 is 5.97 Å². The van der Waals surface area contributed by atoms with Crippen molar-refractivity contribution in [1.29, 1.82) is 0 Å². The van der Waals surface area contributed by atoms with Crippen molar-refractivity contribution in [3.8, 4) is 0 Å². The zero-order valence-corrected chi connectivity index (χ0v) is 6.75. The summed E-state index contributed by atoms with van der Waals surface area (Å²) >= 11 is 0. The lowest BCUT2D eigenvalue weighted by Crippen LogP contribution is -2.15. The number of aromatic nitrogens is 2. The molecule has 0 unspecified atom stereocenters. The van der Waals surface area contributed by atoms with E-state index in [9.17, 15) is 9.59 Å². The summed E-state index contributed by atoms with van der Waals surface area (Å²) in [6.45, 7) is 1.58. The molecule has 0 bridgehead atoms. The SMILES string of the molecule is COC(=O)c1ncc(=O)[nH]c1C. The van der Waals surface area contributed by atoms with Gasteiger partial charge in [0, 0.05) is 5.69 Å². The summed E-state index contributed by atoms with van der Waals surface area (Å²) in [5.74, 6) is -0.552. The van der Waals surface area contributed by atoms with Crippen LogP contribution in [0.3, 0.4) is 0 Å². The molecule has 0 atom stereocenters. The van der Waals surface area contributed by atoms with Crippen LogP contribution in [0.5, 0.6) is 0 Å². The van der Waals surface area contributed by atoms with Crippen molar-refractivity contribution in [3.63, 3.8) is 0 Å². The lowest BCUT2D eigenvalue weighted by molar-refractivity contribution is 0.0592. The Morgan fingerprint density at radius 3 is 2.83 bits per heavy atom. The predicted molar refractivity (Wildman–Crippen MR) is 40.9 cm³/mol. The minimum atomic E-state index is -0.552. The molecule has 0 aliphatic heterocycles. The Hall–Kier alpha value is -1.65. The average molecular weight is 168 g/mol. The number of carbonyl (C=O) groups excluding carboxylic acids is 1.